The molecule has 0 radical (unpaired) electrons. The van der Waals surface area contributed by atoms with E-state index < -0.39 is 0 Å². The van der Waals surface area contributed by atoms with Gasteiger partial charge in [-0.05, 0) is 13.8 Å². The molecule has 96 valence electrons. The Morgan fingerprint density at radius 3 is 3.06 bits per heavy atom. The molecule has 1 atom stereocenters. The molecular formula is C11H14ClN5O. The van der Waals surface area contributed by atoms with Crippen molar-refractivity contribution in [2.75, 3.05) is 11.4 Å². The minimum atomic E-state index is -0.101. The summed E-state index contributed by atoms with van der Waals surface area (Å²) in [6.07, 6.45) is 4.95. The third-order valence-electron chi connectivity index (χ3n) is 2.44. The summed E-state index contributed by atoms with van der Waals surface area (Å²) in [7, 11) is 0. The molecule has 0 aliphatic carbocycles. The predicted octanol–water partition coefficient (Wildman–Crippen LogP) is 2.46. The van der Waals surface area contributed by atoms with Crippen LogP contribution in [0.15, 0.2) is 24.8 Å². The maximum Gasteiger partial charge on any atom is 0.147 e. The fraction of sp³-hybridized carbons (Fsp3) is 0.364. The van der Waals surface area contributed by atoms with Crippen LogP contribution in [0.4, 0.5) is 5.82 Å². The van der Waals surface area contributed by atoms with Crippen molar-refractivity contribution in [2.24, 2.45) is 0 Å². The van der Waals surface area contributed by atoms with E-state index in [-0.39, 0.29) is 6.23 Å². The summed E-state index contributed by atoms with van der Waals surface area (Å²) in [4.78, 5) is 10.6. The van der Waals surface area contributed by atoms with Gasteiger partial charge in [0.2, 0.25) is 0 Å². The smallest absolute Gasteiger partial charge is 0.147 e. The first-order chi connectivity index (χ1) is 8.74. The van der Waals surface area contributed by atoms with Crippen LogP contribution in [0, 0.1) is 0 Å². The van der Waals surface area contributed by atoms with Gasteiger partial charge in [0.15, 0.2) is 0 Å². The molecule has 0 aliphatic heterocycles. The number of rotatable bonds is 5. The van der Waals surface area contributed by atoms with Crippen LogP contribution < -0.4 is 4.84 Å². The van der Waals surface area contributed by atoms with Gasteiger partial charge in [0.25, 0.3) is 0 Å². The van der Waals surface area contributed by atoms with E-state index in [1.807, 2.05) is 20.0 Å². The van der Waals surface area contributed by atoms with Crippen LogP contribution in [0.1, 0.15) is 20.1 Å². The van der Waals surface area contributed by atoms with E-state index >= 15 is 0 Å². The summed E-state index contributed by atoms with van der Waals surface area (Å²) in [6.45, 7) is 4.53. The van der Waals surface area contributed by atoms with Crippen LogP contribution in [-0.4, -0.2) is 26.4 Å². The van der Waals surface area contributed by atoms with Crippen molar-refractivity contribution in [1.29, 1.82) is 0 Å². The number of nitrogens with zero attached hydrogens (tertiary/aromatic N) is 4. The average molecular weight is 268 g/mol. The van der Waals surface area contributed by atoms with Gasteiger partial charge >= 0.3 is 0 Å². The van der Waals surface area contributed by atoms with E-state index in [2.05, 4.69) is 19.9 Å². The zero-order valence-corrected chi connectivity index (χ0v) is 10.9. The Balaban J connectivity index is 2.23. The lowest BCUT2D eigenvalue weighted by Crippen LogP contribution is -2.09. The molecule has 0 aromatic carbocycles. The Bertz CT molecular complexity index is 516. The van der Waals surface area contributed by atoms with Crippen molar-refractivity contribution in [3.8, 4) is 11.3 Å². The first kappa shape index (κ1) is 12.8. The molecule has 0 aliphatic rings. The molecule has 0 fully saturated rings. The van der Waals surface area contributed by atoms with E-state index in [9.17, 15) is 0 Å². The SMILES string of the molecule is CCOC(C)n1cc(-c2cc(NCl)ncn2)cn1. The molecule has 1 unspecified atom stereocenters. The Hall–Kier alpha value is -1.66. The van der Waals surface area contributed by atoms with Crippen LogP contribution in [0.2, 0.25) is 0 Å². The van der Waals surface area contributed by atoms with Crippen LogP contribution in [-0.2, 0) is 4.74 Å². The van der Waals surface area contributed by atoms with Gasteiger partial charge in [-0.1, -0.05) is 0 Å². The van der Waals surface area contributed by atoms with Crippen LogP contribution in [0.5, 0.6) is 0 Å². The van der Waals surface area contributed by atoms with Crippen LogP contribution in [0.25, 0.3) is 11.3 Å². The fourth-order valence-corrected chi connectivity index (χ4v) is 1.66. The van der Waals surface area contributed by atoms with Crippen molar-refractivity contribution < 1.29 is 4.74 Å². The molecule has 2 heterocycles. The highest BCUT2D eigenvalue weighted by molar-refractivity contribution is 6.23. The van der Waals surface area contributed by atoms with Crippen molar-refractivity contribution in [3.05, 3.63) is 24.8 Å². The zero-order valence-electron chi connectivity index (χ0n) is 10.2. The summed E-state index contributed by atoms with van der Waals surface area (Å²) in [6, 6.07) is 1.75. The van der Waals surface area contributed by atoms with Gasteiger partial charge < -0.3 is 4.74 Å². The third kappa shape index (κ3) is 2.77. The maximum atomic E-state index is 5.50. The van der Waals surface area contributed by atoms with Gasteiger partial charge in [-0.3, -0.25) is 4.84 Å². The highest BCUT2D eigenvalue weighted by Gasteiger charge is 2.08. The number of hydrogen-bond donors (Lipinski definition) is 1. The van der Waals surface area contributed by atoms with Crippen LogP contribution in [0.3, 0.4) is 0 Å². The highest BCUT2D eigenvalue weighted by atomic mass is 35.5. The molecule has 2 aromatic heterocycles. The van der Waals surface area contributed by atoms with Crippen molar-refractivity contribution in [2.45, 2.75) is 20.1 Å². The van der Waals surface area contributed by atoms with Crippen molar-refractivity contribution in [1.82, 2.24) is 19.7 Å². The van der Waals surface area contributed by atoms with Gasteiger partial charge in [-0.2, -0.15) is 5.10 Å². The van der Waals surface area contributed by atoms with E-state index in [1.165, 1.54) is 6.33 Å². The molecule has 6 nitrogen and oxygen atoms in total. The zero-order chi connectivity index (χ0) is 13.0. The summed E-state index contributed by atoms with van der Waals surface area (Å²) >= 11 is 5.50. The fourth-order valence-electron chi connectivity index (χ4n) is 1.55. The van der Waals surface area contributed by atoms with Gasteiger partial charge in [-0.15, -0.1) is 0 Å². The molecule has 18 heavy (non-hydrogen) atoms. The molecule has 0 bridgehead atoms. The number of halogens is 1. The molecule has 2 rings (SSSR count). The second kappa shape index (κ2) is 5.79. The number of nitrogens with one attached hydrogen (secondary N) is 1. The van der Waals surface area contributed by atoms with Gasteiger partial charge in [0.1, 0.15) is 18.4 Å². The second-order valence-electron chi connectivity index (χ2n) is 3.65. The minimum absolute atomic E-state index is 0.101. The average Bonchev–Trinajstić information content (AvgIpc) is 2.89. The number of hydrogen-bond acceptors (Lipinski definition) is 5. The van der Waals surface area contributed by atoms with Gasteiger partial charge in [-0.25, -0.2) is 14.6 Å². The van der Waals surface area contributed by atoms with Crippen LogP contribution >= 0.6 is 11.8 Å². The quantitative estimate of drug-likeness (QED) is 0.843. The summed E-state index contributed by atoms with van der Waals surface area (Å²) < 4.78 is 7.20. The molecule has 0 spiro atoms. The Morgan fingerprint density at radius 1 is 1.50 bits per heavy atom. The minimum Gasteiger partial charge on any atom is -0.357 e. The molecule has 7 heteroatoms. The van der Waals surface area contributed by atoms with Crippen molar-refractivity contribution >= 4 is 17.6 Å². The highest BCUT2D eigenvalue weighted by Crippen LogP contribution is 2.19. The normalized spacial score (nSPS) is 12.4. The summed E-state index contributed by atoms with van der Waals surface area (Å²) in [5, 5.41) is 4.24. The first-order valence-corrected chi connectivity index (χ1v) is 5.97. The molecule has 0 saturated carbocycles. The monoisotopic (exact) mass is 267 g/mol. The lowest BCUT2D eigenvalue weighted by molar-refractivity contribution is 0.0160. The first-order valence-electron chi connectivity index (χ1n) is 5.59. The molecule has 1 N–H and O–H groups in total. The van der Waals surface area contributed by atoms with Gasteiger partial charge in [0.05, 0.1) is 11.9 Å². The standard InChI is InChI=1S/C11H14ClN5O/c1-3-18-8(2)17-6-9(5-15-17)10-4-11(16-12)14-7-13-10/h4-8H,3H2,1-2H3,(H,13,14,16). The van der Waals surface area contributed by atoms with Gasteiger partial charge in [0, 0.05) is 36.2 Å². The Labute approximate surface area is 110 Å². The van der Waals surface area contributed by atoms with E-state index in [1.54, 1.807) is 16.9 Å². The van der Waals surface area contributed by atoms with E-state index in [0.29, 0.717) is 12.4 Å². The van der Waals surface area contributed by atoms with E-state index in [0.717, 1.165) is 11.3 Å². The number of aromatic nitrogens is 4. The maximum absolute atomic E-state index is 5.50. The largest absolute Gasteiger partial charge is 0.357 e. The summed E-state index contributed by atoms with van der Waals surface area (Å²) in [5.74, 6) is 0.548. The Morgan fingerprint density at radius 2 is 2.33 bits per heavy atom. The molecule has 0 saturated heterocycles. The number of ether oxygens (including phenoxy) is 1. The lowest BCUT2D eigenvalue weighted by atomic mass is 10.2. The van der Waals surface area contributed by atoms with Crippen molar-refractivity contribution in [3.63, 3.8) is 0 Å². The molecule has 0 amide bonds. The third-order valence-corrected chi connectivity index (χ3v) is 2.64. The van der Waals surface area contributed by atoms with E-state index in [4.69, 9.17) is 16.5 Å². The molecule has 2 aromatic rings. The lowest BCUT2D eigenvalue weighted by Gasteiger charge is -2.11. The summed E-state index contributed by atoms with van der Waals surface area (Å²) in [5.41, 5.74) is 1.64. The topological polar surface area (TPSA) is 64.9 Å². The predicted molar refractivity (Wildman–Crippen MR) is 69.1 cm³/mol. The Kier molecular flexibility index (Phi) is 4.11. The number of anilines is 1. The molecular weight excluding hydrogens is 254 g/mol. The second-order valence-corrected chi connectivity index (χ2v) is 3.84.